The van der Waals surface area contributed by atoms with Gasteiger partial charge in [-0.1, -0.05) is 53.2 Å². The van der Waals surface area contributed by atoms with Crippen molar-refractivity contribution in [3.05, 3.63) is 82.4 Å². The molecule has 1 atom stereocenters. The summed E-state index contributed by atoms with van der Waals surface area (Å²) in [6.45, 7) is -2.21. The fourth-order valence-electron chi connectivity index (χ4n) is 3.64. The fraction of sp³-hybridized carbons (Fsp3) is 0.269. The van der Waals surface area contributed by atoms with Gasteiger partial charge in [-0.15, -0.1) is 0 Å². The average molecular weight is 628 g/mol. The Hall–Kier alpha value is -4.01. The van der Waals surface area contributed by atoms with Crippen molar-refractivity contribution in [1.82, 2.24) is 10.6 Å². The van der Waals surface area contributed by atoms with Crippen LogP contribution in [0, 0.1) is 0 Å². The lowest BCUT2D eigenvalue weighted by atomic mass is 9.94. The third kappa shape index (κ3) is 8.99. The number of amides is 2. The third-order valence-electron chi connectivity index (χ3n) is 5.56. The number of rotatable bonds is 5. The van der Waals surface area contributed by atoms with Crippen molar-refractivity contribution >= 4 is 39.9 Å². The third-order valence-corrected chi connectivity index (χ3v) is 5.80. The van der Waals surface area contributed by atoms with Crippen LogP contribution in [0.3, 0.4) is 0 Å². The second-order valence-electron chi connectivity index (χ2n) is 8.67. The number of fused-ring (bicyclic) bond motifs is 1. The molecule has 3 aromatic carbocycles. The van der Waals surface area contributed by atoms with Crippen molar-refractivity contribution in [2.45, 2.75) is 31.1 Å². The van der Waals surface area contributed by atoms with Gasteiger partial charge in [0.05, 0.1) is 17.8 Å². The van der Waals surface area contributed by atoms with Crippen molar-refractivity contribution in [3.63, 3.8) is 0 Å². The summed E-state index contributed by atoms with van der Waals surface area (Å²) >= 11 is 5.35. The van der Waals surface area contributed by atoms with E-state index in [9.17, 15) is 49.1 Å². The molecular weight excluding hydrogens is 609 g/mol. The molecule has 42 heavy (non-hydrogen) atoms. The van der Waals surface area contributed by atoms with E-state index in [1.165, 1.54) is 24.3 Å². The number of alkyl halides is 9. The molecule has 226 valence electrons. The standard InChI is InChI=1S/C19H15F6N3O3.C7H4ClF3/c20-18(21,22)9-27-16(29)8-26-17(30)13-6-5-12(10-3-1-2-4-11(10)13)14-7-15(31-28-14)19(23,24)25;8-6-3-1-2-5(4-6)7(9,10)11/h1-6,15H,7-9H2,(H,26,30)(H,27,29);1-4H. The van der Waals surface area contributed by atoms with Crippen LogP contribution in [0.5, 0.6) is 0 Å². The van der Waals surface area contributed by atoms with Crippen LogP contribution >= 0.6 is 11.6 Å². The molecule has 1 aliphatic heterocycles. The SMILES string of the molecule is FC(F)(F)c1cccc(Cl)c1.O=C(CNC(=O)c1ccc(C2=NOC(C(F)(F)F)C2)c2ccccc12)NCC(F)(F)F. The second kappa shape index (κ2) is 12.9. The van der Waals surface area contributed by atoms with E-state index in [-0.39, 0.29) is 16.3 Å². The monoisotopic (exact) mass is 627 g/mol. The van der Waals surface area contributed by atoms with Gasteiger partial charge in [0, 0.05) is 22.6 Å². The maximum Gasteiger partial charge on any atom is 0.428 e. The Bertz CT molecular complexity index is 1470. The fourth-order valence-corrected chi connectivity index (χ4v) is 3.83. The van der Waals surface area contributed by atoms with E-state index in [1.807, 2.05) is 0 Å². The normalized spacial score (nSPS) is 15.3. The highest BCUT2D eigenvalue weighted by Gasteiger charge is 2.46. The number of halogens is 10. The number of hydrogen-bond acceptors (Lipinski definition) is 4. The van der Waals surface area contributed by atoms with E-state index in [0.29, 0.717) is 16.3 Å². The number of nitrogens with one attached hydrogen (secondary N) is 2. The Balaban J connectivity index is 0.000000369. The molecule has 2 amide bonds. The zero-order valence-corrected chi connectivity index (χ0v) is 21.7. The van der Waals surface area contributed by atoms with Gasteiger partial charge in [-0.05, 0) is 35.0 Å². The molecule has 16 heteroatoms. The van der Waals surface area contributed by atoms with Gasteiger partial charge in [0.2, 0.25) is 12.0 Å². The molecule has 6 nitrogen and oxygen atoms in total. The topological polar surface area (TPSA) is 79.8 Å². The van der Waals surface area contributed by atoms with Crippen LogP contribution < -0.4 is 10.6 Å². The van der Waals surface area contributed by atoms with Gasteiger partial charge >= 0.3 is 18.5 Å². The molecule has 0 fully saturated rings. The van der Waals surface area contributed by atoms with Crippen molar-refractivity contribution in [2.75, 3.05) is 13.1 Å². The molecule has 0 saturated carbocycles. The molecular formula is C26H19ClF9N3O3. The summed E-state index contributed by atoms with van der Waals surface area (Å²) in [6, 6.07) is 13.6. The Morgan fingerprint density at radius 2 is 1.55 bits per heavy atom. The summed E-state index contributed by atoms with van der Waals surface area (Å²) in [6.07, 6.45) is -16.0. The molecule has 0 radical (unpaired) electrons. The van der Waals surface area contributed by atoms with Crippen LogP contribution in [-0.4, -0.2) is 49.1 Å². The number of oxime groups is 1. The molecule has 1 aliphatic rings. The Kier molecular flexibility index (Phi) is 9.97. The number of nitrogens with zero attached hydrogens (tertiary/aromatic N) is 1. The van der Waals surface area contributed by atoms with Gasteiger partial charge in [0.15, 0.2) is 0 Å². The quantitative estimate of drug-likeness (QED) is 0.311. The summed E-state index contributed by atoms with van der Waals surface area (Å²) in [4.78, 5) is 28.4. The molecule has 3 aromatic rings. The van der Waals surface area contributed by atoms with Crippen LogP contribution in [0.4, 0.5) is 39.5 Å². The molecule has 0 aromatic heterocycles. The Labute approximate surface area is 236 Å². The van der Waals surface area contributed by atoms with E-state index in [0.717, 1.165) is 12.1 Å². The first-order valence-electron chi connectivity index (χ1n) is 11.7. The number of hydrogen-bond donors (Lipinski definition) is 2. The Morgan fingerprint density at radius 3 is 2.10 bits per heavy atom. The van der Waals surface area contributed by atoms with Crippen molar-refractivity contribution in [3.8, 4) is 0 Å². The zero-order chi connectivity index (χ0) is 31.3. The van der Waals surface area contributed by atoms with E-state index >= 15 is 0 Å². The molecule has 0 saturated heterocycles. The molecule has 0 bridgehead atoms. The smallest absolute Gasteiger partial charge is 0.382 e. The molecule has 2 N–H and O–H groups in total. The zero-order valence-electron chi connectivity index (χ0n) is 20.9. The lowest BCUT2D eigenvalue weighted by Gasteiger charge is -2.13. The highest BCUT2D eigenvalue weighted by molar-refractivity contribution is 6.30. The minimum absolute atomic E-state index is 0.0667. The summed E-state index contributed by atoms with van der Waals surface area (Å²) in [5.41, 5.74) is -0.210. The predicted octanol–water partition coefficient (Wildman–Crippen LogP) is 6.66. The molecule has 1 heterocycles. The van der Waals surface area contributed by atoms with Crippen molar-refractivity contribution < 1.29 is 53.9 Å². The minimum Gasteiger partial charge on any atom is -0.382 e. The molecule has 0 spiro atoms. The Morgan fingerprint density at radius 1 is 0.881 bits per heavy atom. The lowest BCUT2D eigenvalue weighted by Crippen LogP contribution is -2.40. The van der Waals surface area contributed by atoms with Crippen molar-refractivity contribution in [1.29, 1.82) is 0 Å². The predicted molar refractivity (Wildman–Crippen MR) is 134 cm³/mol. The number of carbonyl (C=O) groups excluding carboxylic acids is 2. The molecule has 4 rings (SSSR count). The first-order chi connectivity index (χ1) is 19.5. The van der Waals surface area contributed by atoms with E-state index < -0.39 is 61.5 Å². The molecule has 0 aliphatic carbocycles. The largest absolute Gasteiger partial charge is 0.428 e. The highest BCUT2D eigenvalue weighted by atomic mass is 35.5. The van der Waals surface area contributed by atoms with Gasteiger partial charge in [-0.2, -0.15) is 39.5 Å². The van der Waals surface area contributed by atoms with Crippen LogP contribution in [0.2, 0.25) is 5.02 Å². The second-order valence-corrected chi connectivity index (χ2v) is 9.10. The van der Waals surface area contributed by atoms with Gasteiger partial charge in [-0.3, -0.25) is 9.59 Å². The van der Waals surface area contributed by atoms with Crippen LogP contribution in [-0.2, 0) is 15.8 Å². The number of benzene rings is 3. The van der Waals surface area contributed by atoms with Crippen LogP contribution in [0.1, 0.15) is 27.9 Å². The van der Waals surface area contributed by atoms with E-state index in [2.05, 4.69) is 15.3 Å². The summed E-state index contributed by atoms with van der Waals surface area (Å²) < 4.78 is 111. The maximum absolute atomic E-state index is 12.9. The highest BCUT2D eigenvalue weighted by Crippen LogP contribution is 2.33. The van der Waals surface area contributed by atoms with Gasteiger partial charge < -0.3 is 15.5 Å². The first kappa shape index (κ1) is 32.5. The first-order valence-corrected chi connectivity index (χ1v) is 12.1. The summed E-state index contributed by atoms with van der Waals surface area (Å²) in [5, 5.41) is 8.28. The average Bonchev–Trinajstić information content (AvgIpc) is 3.40. The summed E-state index contributed by atoms with van der Waals surface area (Å²) in [7, 11) is 0. The van der Waals surface area contributed by atoms with Gasteiger partial charge in [-0.25, -0.2) is 0 Å². The maximum atomic E-state index is 12.9. The van der Waals surface area contributed by atoms with Gasteiger partial charge in [0.1, 0.15) is 6.54 Å². The van der Waals surface area contributed by atoms with E-state index in [1.54, 1.807) is 29.6 Å². The summed E-state index contributed by atoms with van der Waals surface area (Å²) in [5.74, 6) is -1.76. The molecule has 1 unspecified atom stereocenters. The van der Waals surface area contributed by atoms with Gasteiger partial charge in [0.25, 0.3) is 5.91 Å². The lowest BCUT2D eigenvalue weighted by molar-refractivity contribution is -0.212. The number of carbonyl (C=O) groups is 2. The minimum atomic E-state index is -4.58. The van der Waals surface area contributed by atoms with Crippen LogP contribution in [0.25, 0.3) is 10.8 Å². The van der Waals surface area contributed by atoms with Crippen LogP contribution in [0.15, 0.2) is 65.8 Å². The van der Waals surface area contributed by atoms with E-state index in [4.69, 9.17) is 11.6 Å². The van der Waals surface area contributed by atoms with Crippen molar-refractivity contribution in [2.24, 2.45) is 5.16 Å².